The minimum absolute atomic E-state index is 0.199. The number of hydrazone groups is 1. The van der Waals surface area contributed by atoms with E-state index in [4.69, 9.17) is 16.3 Å². The van der Waals surface area contributed by atoms with Crippen molar-refractivity contribution in [2.75, 3.05) is 13.1 Å². The molecule has 1 saturated heterocycles. The highest BCUT2D eigenvalue weighted by molar-refractivity contribution is 7.89. The lowest BCUT2D eigenvalue weighted by Gasteiger charge is -2.30. The second-order valence-electron chi connectivity index (χ2n) is 7.85. The number of hydrogen-bond acceptors (Lipinski definition) is 5. The molecular formula is C25H24ClN3O4S. The number of amides is 1. The Labute approximate surface area is 204 Å². The maximum absolute atomic E-state index is 12.8. The summed E-state index contributed by atoms with van der Waals surface area (Å²) in [4.78, 5) is 12.7. The summed E-state index contributed by atoms with van der Waals surface area (Å²) in [5.74, 6) is 0.940. The Kier molecular flexibility index (Phi) is 7.62. The minimum Gasteiger partial charge on any atom is -0.457 e. The van der Waals surface area contributed by atoms with Crippen molar-refractivity contribution in [1.82, 2.24) is 9.73 Å². The number of piperidine rings is 1. The van der Waals surface area contributed by atoms with E-state index >= 15 is 0 Å². The molecule has 3 aromatic carbocycles. The number of carbonyl (C=O) groups is 1. The highest BCUT2D eigenvalue weighted by Crippen LogP contribution is 2.25. The van der Waals surface area contributed by atoms with E-state index in [1.807, 2.05) is 54.6 Å². The Morgan fingerprint density at radius 2 is 1.56 bits per heavy atom. The smallest absolute Gasteiger partial charge is 0.243 e. The fourth-order valence-electron chi connectivity index (χ4n) is 3.62. The van der Waals surface area contributed by atoms with Crippen LogP contribution in [0.1, 0.15) is 18.4 Å². The number of para-hydroxylation sites is 1. The van der Waals surface area contributed by atoms with E-state index in [1.165, 1.54) is 16.4 Å². The predicted octanol–water partition coefficient (Wildman–Crippen LogP) is 4.68. The van der Waals surface area contributed by atoms with Crippen molar-refractivity contribution in [1.29, 1.82) is 0 Å². The van der Waals surface area contributed by atoms with Crippen LogP contribution in [-0.4, -0.2) is 37.9 Å². The zero-order chi connectivity index (χ0) is 24.0. The molecule has 1 N–H and O–H groups in total. The van der Waals surface area contributed by atoms with Crippen molar-refractivity contribution in [3.8, 4) is 11.5 Å². The second kappa shape index (κ2) is 10.8. The molecule has 1 aliphatic rings. The van der Waals surface area contributed by atoms with E-state index in [-0.39, 0.29) is 29.8 Å². The Balaban J connectivity index is 1.26. The maximum Gasteiger partial charge on any atom is 0.243 e. The van der Waals surface area contributed by atoms with Gasteiger partial charge in [0.05, 0.1) is 11.1 Å². The Morgan fingerprint density at radius 1 is 0.941 bits per heavy atom. The van der Waals surface area contributed by atoms with E-state index in [0.717, 1.165) is 11.3 Å². The lowest BCUT2D eigenvalue weighted by Crippen LogP contribution is -2.42. The third-order valence-electron chi connectivity index (χ3n) is 5.52. The van der Waals surface area contributed by atoms with Gasteiger partial charge in [0.2, 0.25) is 15.9 Å². The van der Waals surface area contributed by atoms with E-state index in [2.05, 4.69) is 10.5 Å². The molecule has 1 fully saturated rings. The Morgan fingerprint density at radius 3 is 2.21 bits per heavy atom. The third kappa shape index (κ3) is 6.02. The lowest BCUT2D eigenvalue weighted by atomic mass is 9.98. The molecule has 34 heavy (non-hydrogen) atoms. The average Bonchev–Trinajstić information content (AvgIpc) is 2.86. The van der Waals surface area contributed by atoms with Gasteiger partial charge in [-0.25, -0.2) is 13.8 Å². The molecular weight excluding hydrogens is 474 g/mol. The highest BCUT2D eigenvalue weighted by Gasteiger charge is 2.32. The molecule has 0 radical (unpaired) electrons. The molecule has 4 rings (SSSR count). The molecule has 0 atom stereocenters. The van der Waals surface area contributed by atoms with Gasteiger partial charge in [0.15, 0.2) is 0 Å². The number of hydrogen-bond donors (Lipinski definition) is 1. The first-order valence-electron chi connectivity index (χ1n) is 10.8. The van der Waals surface area contributed by atoms with Gasteiger partial charge in [-0.1, -0.05) is 29.8 Å². The summed E-state index contributed by atoms with van der Waals surface area (Å²) in [7, 11) is -3.60. The number of ether oxygens (including phenoxy) is 1. The van der Waals surface area contributed by atoms with Crippen LogP contribution < -0.4 is 10.2 Å². The van der Waals surface area contributed by atoms with Gasteiger partial charge >= 0.3 is 0 Å². The van der Waals surface area contributed by atoms with Crippen molar-refractivity contribution < 1.29 is 17.9 Å². The molecule has 0 unspecified atom stereocenters. The van der Waals surface area contributed by atoms with E-state index in [1.54, 1.807) is 18.3 Å². The van der Waals surface area contributed by atoms with Gasteiger partial charge in [0.1, 0.15) is 11.5 Å². The van der Waals surface area contributed by atoms with Crippen molar-refractivity contribution in [2.24, 2.45) is 11.0 Å². The number of benzene rings is 3. The lowest BCUT2D eigenvalue weighted by molar-refractivity contribution is -0.126. The topological polar surface area (TPSA) is 88.1 Å². The maximum atomic E-state index is 12.8. The van der Waals surface area contributed by atoms with Crippen LogP contribution in [-0.2, 0) is 14.8 Å². The Hall–Kier alpha value is -3.20. The minimum atomic E-state index is -3.60. The standard InChI is InChI=1S/C25H24ClN3O4S/c26-21-8-12-24(13-9-21)34(31,32)29-16-14-20(15-17-29)25(30)28-27-18-19-6-10-23(11-7-19)33-22-4-2-1-3-5-22/h1-13,18,20H,14-17H2,(H,28,30). The number of rotatable bonds is 7. The van der Waals surface area contributed by atoms with Crippen LogP contribution in [0.3, 0.4) is 0 Å². The fraction of sp³-hybridized carbons (Fsp3) is 0.200. The largest absolute Gasteiger partial charge is 0.457 e. The number of halogens is 1. The number of nitrogens with one attached hydrogen (secondary N) is 1. The third-order valence-corrected chi connectivity index (χ3v) is 7.69. The molecule has 0 aromatic heterocycles. The van der Waals surface area contributed by atoms with Crippen LogP contribution in [0.5, 0.6) is 11.5 Å². The van der Waals surface area contributed by atoms with Gasteiger partial charge in [0.25, 0.3) is 0 Å². The molecule has 1 amide bonds. The molecule has 9 heteroatoms. The Bertz CT molecular complexity index is 1240. The molecule has 1 heterocycles. The van der Waals surface area contributed by atoms with Gasteiger partial charge < -0.3 is 4.74 Å². The van der Waals surface area contributed by atoms with E-state index < -0.39 is 10.0 Å². The second-order valence-corrected chi connectivity index (χ2v) is 10.2. The van der Waals surface area contributed by atoms with E-state index in [0.29, 0.717) is 23.6 Å². The highest BCUT2D eigenvalue weighted by atomic mass is 35.5. The predicted molar refractivity (Wildman–Crippen MR) is 132 cm³/mol. The van der Waals surface area contributed by atoms with Gasteiger partial charge in [0, 0.05) is 24.0 Å². The average molecular weight is 498 g/mol. The summed E-state index contributed by atoms with van der Waals surface area (Å²) in [6.07, 6.45) is 2.42. The van der Waals surface area contributed by atoms with Crippen LogP contribution in [0.4, 0.5) is 0 Å². The SMILES string of the molecule is O=C(NN=Cc1ccc(Oc2ccccc2)cc1)C1CCN(S(=O)(=O)c2ccc(Cl)cc2)CC1. The molecule has 0 spiro atoms. The van der Waals surface area contributed by atoms with Crippen LogP contribution in [0.2, 0.25) is 5.02 Å². The molecule has 0 aliphatic carbocycles. The normalized spacial score (nSPS) is 15.3. The molecule has 0 bridgehead atoms. The molecule has 7 nitrogen and oxygen atoms in total. The summed E-state index contributed by atoms with van der Waals surface area (Å²) < 4.78 is 32.7. The first-order chi connectivity index (χ1) is 16.4. The monoisotopic (exact) mass is 497 g/mol. The molecule has 0 saturated carbocycles. The van der Waals surface area contributed by atoms with Crippen molar-refractivity contribution in [2.45, 2.75) is 17.7 Å². The van der Waals surface area contributed by atoms with Gasteiger partial charge in [-0.15, -0.1) is 0 Å². The number of nitrogens with zero attached hydrogens (tertiary/aromatic N) is 2. The van der Waals surface area contributed by atoms with Crippen LogP contribution in [0.15, 0.2) is 88.9 Å². The van der Waals surface area contributed by atoms with Crippen molar-refractivity contribution in [3.63, 3.8) is 0 Å². The van der Waals surface area contributed by atoms with Gasteiger partial charge in [-0.05, 0) is 79.1 Å². The quantitative estimate of drug-likeness (QED) is 0.379. The van der Waals surface area contributed by atoms with Gasteiger partial charge in [-0.2, -0.15) is 9.41 Å². The van der Waals surface area contributed by atoms with Gasteiger partial charge in [-0.3, -0.25) is 4.79 Å². The van der Waals surface area contributed by atoms with Crippen molar-refractivity contribution >= 4 is 33.7 Å². The summed E-state index contributed by atoms with van der Waals surface area (Å²) in [6.45, 7) is 0.547. The van der Waals surface area contributed by atoms with Crippen LogP contribution >= 0.6 is 11.6 Å². The fourth-order valence-corrected chi connectivity index (χ4v) is 5.22. The van der Waals surface area contributed by atoms with Crippen LogP contribution in [0.25, 0.3) is 0 Å². The zero-order valence-corrected chi connectivity index (χ0v) is 19.9. The van der Waals surface area contributed by atoms with Crippen molar-refractivity contribution in [3.05, 3.63) is 89.4 Å². The van der Waals surface area contributed by atoms with Crippen LogP contribution in [0, 0.1) is 5.92 Å². The first kappa shape index (κ1) is 23.9. The molecule has 1 aliphatic heterocycles. The molecule has 176 valence electrons. The summed E-state index contributed by atoms with van der Waals surface area (Å²) in [6, 6.07) is 22.9. The summed E-state index contributed by atoms with van der Waals surface area (Å²) >= 11 is 5.85. The van der Waals surface area contributed by atoms with E-state index in [9.17, 15) is 13.2 Å². The number of sulfonamides is 1. The first-order valence-corrected chi connectivity index (χ1v) is 12.7. The zero-order valence-electron chi connectivity index (χ0n) is 18.3. The number of carbonyl (C=O) groups excluding carboxylic acids is 1. The molecule has 3 aromatic rings. The summed E-state index contributed by atoms with van der Waals surface area (Å²) in [5, 5.41) is 4.52. The summed E-state index contributed by atoms with van der Waals surface area (Å²) in [5.41, 5.74) is 3.37.